The molecule has 1 heterocycles. The smallest absolute Gasteiger partial charge is 0.340 e. The Morgan fingerprint density at radius 2 is 1.74 bits per heavy atom. The first-order chi connectivity index (χ1) is 13.2. The third-order valence-corrected chi connectivity index (χ3v) is 4.65. The summed E-state index contributed by atoms with van der Waals surface area (Å²) in [5.41, 5.74) is 2.52. The topological polar surface area (TPSA) is 71.5 Å². The first-order valence-electron chi connectivity index (χ1n) is 8.72. The minimum absolute atomic E-state index is 0.120. The molecule has 0 aliphatic carbocycles. The van der Waals surface area contributed by atoms with Crippen molar-refractivity contribution < 1.29 is 19.4 Å². The van der Waals surface area contributed by atoms with Crippen LogP contribution in [0.5, 0.6) is 11.5 Å². The number of phenolic OH excluding ortho intramolecular Hbond substituents is 1. The summed E-state index contributed by atoms with van der Waals surface area (Å²) in [6, 6.07) is 16.6. The summed E-state index contributed by atoms with van der Waals surface area (Å²) in [4.78, 5) is 16.2. The van der Waals surface area contributed by atoms with Gasteiger partial charge in [0, 0.05) is 21.7 Å². The van der Waals surface area contributed by atoms with Gasteiger partial charge < -0.3 is 19.6 Å². The largest absolute Gasteiger partial charge is 0.507 e. The Hall–Kier alpha value is -3.47. The maximum Gasteiger partial charge on any atom is 0.340 e. The predicted octanol–water partition coefficient (Wildman–Crippen LogP) is 4.88. The number of carbonyl (C=O) groups excluding carboxylic acids is 1. The maximum absolute atomic E-state index is 12.8. The van der Waals surface area contributed by atoms with Gasteiger partial charge in [0.25, 0.3) is 0 Å². The molecule has 0 bridgehead atoms. The molecule has 27 heavy (non-hydrogen) atoms. The lowest BCUT2D eigenvalue weighted by atomic mass is 10.0. The molecule has 136 valence electrons. The van der Waals surface area contributed by atoms with E-state index in [1.807, 2.05) is 48.5 Å². The number of hydrogen-bond acceptors (Lipinski definition) is 4. The van der Waals surface area contributed by atoms with Crippen LogP contribution in [0.3, 0.4) is 0 Å². The first kappa shape index (κ1) is 17.0. The predicted molar refractivity (Wildman–Crippen MR) is 105 cm³/mol. The van der Waals surface area contributed by atoms with Gasteiger partial charge in [-0.3, -0.25) is 0 Å². The number of aromatic amines is 1. The van der Waals surface area contributed by atoms with E-state index in [1.54, 1.807) is 20.1 Å². The number of hydrogen-bond donors (Lipinski definition) is 2. The zero-order chi connectivity index (χ0) is 19.0. The van der Waals surface area contributed by atoms with Crippen molar-refractivity contribution in [3.63, 3.8) is 0 Å². The Balaban J connectivity index is 2.13. The molecule has 0 fully saturated rings. The Bertz CT molecular complexity index is 1160. The Labute approximate surface area is 156 Å². The van der Waals surface area contributed by atoms with Crippen LogP contribution in [0.1, 0.15) is 17.3 Å². The minimum Gasteiger partial charge on any atom is -0.507 e. The van der Waals surface area contributed by atoms with Crippen LogP contribution in [-0.4, -0.2) is 29.8 Å². The molecule has 0 unspecified atom stereocenters. The van der Waals surface area contributed by atoms with E-state index < -0.39 is 5.97 Å². The molecule has 4 rings (SSSR count). The fourth-order valence-corrected chi connectivity index (χ4v) is 3.48. The van der Waals surface area contributed by atoms with Crippen LogP contribution in [0.25, 0.3) is 32.9 Å². The van der Waals surface area contributed by atoms with Gasteiger partial charge in [0.15, 0.2) is 0 Å². The average Bonchev–Trinajstić information content (AvgIpc) is 3.07. The molecule has 0 aliphatic rings. The van der Waals surface area contributed by atoms with Crippen molar-refractivity contribution in [1.82, 2.24) is 4.98 Å². The summed E-state index contributed by atoms with van der Waals surface area (Å²) in [5, 5.41) is 12.7. The summed E-state index contributed by atoms with van der Waals surface area (Å²) >= 11 is 0. The van der Waals surface area contributed by atoms with E-state index in [-0.39, 0.29) is 12.4 Å². The van der Waals surface area contributed by atoms with Gasteiger partial charge >= 0.3 is 5.97 Å². The lowest BCUT2D eigenvalue weighted by Crippen LogP contribution is -2.06. The van der Waals surface area contributed by atoms with Gasteiger partial charge in [-0.05, 0) is 25.1 Å². The average molecular weight is 361 g/mol. The number of fused-ring (bicyclic) bond motifs is 3. The highest BCUT2D eigenvalue weighted by Crippen LogP contribution is 2.40. The van der Waals surface area contributed by atoms with Crippen LogP contribution in [0.2, 0.25) is 0 Å². The van der Waals surface area contributed by atoms with Crippen molar-refractivity contribution in [2.75, 3.05) is 13.7 Å². The molecule has 5 nitrogen and oxygen atoms in total. The van der Waals surface area contributed by atoms with Crippen LogP contribution in [0, 0.1) is 0 Å². The third kappa shape index (κ3) is 2.68. The van der Waals surface area contributed by atoms with Gasteiger partial charge in [0.1, 0.15) is 11.5 Å². The molecule has 0 saturated carbocycles. The second kappa shape index (κ2) is 6.68. The summed E-state index contributed by atoms with van der Waals surface area (Å²) < 4.78 is 10.8. The van der Waals surface area contributed by atoms with Crippen molar-refractivity contribution in [3.05, 3.63) is 60.2 Å². The van der Waals surface area contributed by atoms with E-state index in [0.29, 0.717) is 27.8 Å². The van der Waals surface area contributed by atoms with Crippen LogP contribution in [0.15, 0.2) is 54.6 Å². The molecule has 1 aromatic heterocycles. The maximum atomic E-state index is 12.8. The van der Waals surface area contributed by atoms with Gasteiger partial charge in [-0.1, -0.05) is 36.4 Å². The molecule has 0 spiro atoms. The summed E-state index contributed by atoms with van der Waals surface area (Å²) in [6.07, 6.45) is 0. The lowest BCUT2D eigenvalue weighted by Gasteiger charge is -2.09. The Morgan fingerprint density at radius 3 is 2.48 bits per heavy atom. The molecule has 0 atom stereocenters. The second-order valence-corrected chi connectivity index (χ2v) is 6.16. The number of methoxy groups -OCH3 is 1. The van der Waals surface area contributed by atoms with Gasteiger partial charge in [0.05, 0.1) is 30.5 Å². The molecule has 0 amide bonds. The summed E-state index contributed by atoms with van der Waals surface area (Å²) in [6.45, 7) is 2.03. The molecule has 5 heteroatoms. The zero-order valence-electron chi connectivity index (χ0n) is 15.1. The van der Waals surface area contributed by atoms with E-state index in [1.165, 1.54) is 0 Å². The Morgan fingerprint density at radius 1 is 1.04 bits per heavy atom. The fourth-order valence-electron chi connectivity index (χ4n) is 3.48. The van der Waals surface area contributed by atoms with E-state index in [4.69, 9.17) is 9.47 Å². The molecule has 0 radical (unpaired) electrons. The summed E-state index contributed by atoms with van der Waals surface area (Å²) in [7, 11) is 1.59. The number of aromatic nitrogens is 1. The number of carbonyl (C=O) groups is 1. The quantitative estimate of drug-likeness (QED) is 0.508. The molecule has 0 aliphatic heterocycles. The second-order valence-electron chi connectivity index (χ2n) is 6.16. The van der Waals surface area contributed by atoms with Crippen molar-refractivity contribution >= 4 is 27.6 Å². The van der Waals surface area contributed by atoms with Gasteiger partial charge in [-0.15, -0.1) is 0 Å². The number of nitrogens with one attached hydrogen (secondary N) is 1. The normalized spacial score (nSPS) is 11.0. The van der Waals surface area contributed by atoms with Gasteiger partial charge in [0.2, 0.25) is 0 Å². The van der Waals surface area contributed by atoms with Crippen LogP contribution < -0.4 is 4.74 Å². The number of ether oxygens (including phenoxy) is 2. The van der Waals surface area contributed by atoms with Gasteiger partial charge in [-0.2, -0.15) is 0 Å². The van der Waals surface area contributed by atoms with Crippen molar-refractivity contribution in [2.24, 2.45) is 0 Å². The third-order valence-electron chi connectivity index (χ3n) is 4.65. The highest BCUT2D eigenvalue weighted by molar-refractivity contribution is 6.18. The SMILES string of the molecule is CCOC(=O)c1c(-c2ccccc2OC)[nH]c2c1cc(O)c1ccccc12. The molecular formula is C22H19NO4. The van der Waals surface area contributed by atoms with Crippen LogP contribution >= 0.6 is 0 Å². The molecule has 4 aromatic rings. The van der Waals surface area contributed by atoms with E-state index >= 15 is 0 Å². The lowest BCUT2D eigenvalue weighted by molar-refractivity contribution is 0.0529. The van der Waals surface area contributed by atoms with E-state index in [0.717, 1.165) is 16.5 Å². The van der Waals surface area contributed by atoms with Crippen molar-refractivity contribution in [3.8, 4) is 22.8 Å². The zero-order valence-corrected chi connectivity index (χ0v) is 15.1. The van der Waals surface area contributed by atoms with E-state index in [9.17, 15) is 9.90 Å². The number of esters is 1. The monoisotopic (exact) mass is 361 g/mol. The fraction of sp³-hybridized carbons (Fsp3) is 0.136. The number of para-hydroxylation sites is 1. The minimum atomic E-state index is -0.445. The molecule has 0 saturated heterocycles. The Kier molecular flexibility index (Phi) is 4.20. The number of aromatic hydroxyl groups is 1. The van der Waals surface area contributed by atoms with Crippen molar-refractivity contribution in [2.45, 2.75) is 6.92 Å². The van der Waals surface area contributed by atoms with Crippen molar-refractivity contribution in [1.29, 1.82) is 0 Å². The highest BCUT2D eigenvalue weighted by Gasteiger charge is 2.24. The number of phenols is 1. The number of benzene rings is 3. The standard InChI is InChI=1S/C22H19NO4/c1-3-27-22(25)19-16-12-17(24)13-8-4-5-9-14(13)20(16)23-21(19)15-10-6-7-11-18(15)26-2/h4-12,23-24H,3H2,1-2H3. The first-order valence-corrected chi connectivity index (χ1v) is 8.72. The van der Waals surface area contributed by atoms with E-state index in [2.05, 4.69) is 4.98 Å². The highest BCUT2D eigenvalue weighted by atomic mass is 16.5. The summed E-state index contributed by atoms with van der Waals surface area (Å²) in [5.74, 6) is 0.316. The van der Waals surface area contributed by atoms with Crippen LogP contribution in [-0.2, 0) is 4.74 Å². The number of H-pyrrole nitrogens is 1. The van der Waals surface area contributed by atoms with Gasteiger partial charge in [-0.25, -0.2) is 4.79 Å². The van der Waals surface area contributed by atoms with Crippen LogP contribution in [0.4, 0.5) is 0 Å². The molecular weight excluding hydrogens is 342 g/mol. The number of rotatable bonds is 4. The molecule has 2 N–H and O–H groups in total. The molecule has 3 aromatic carbocycles.